The maximum atomic E-state index is 12.5. The lowest BCUT2D eigenvalue weighted by Crippen LogP contribution is -2.30. The van der Waals surface area contributed by atoms with Crippen molar-refractivity contribution in [3.8, 4) is 6.07 Å². The van der Waals surface area contributed by atoms with Crippen molar-refractivity contribution >= 4 is 5.82 Å². The maximum Gasteiger partial charge on any atom is 0.345 e. The highest BCUT2D eigenvalue weighted by molar-refractivity contribution is 5.39. The second kappa shape index (κ2) is 7.49. The van der Waals surface area contributed by atoms with E-state index in [9.17, 15) is 4.79 Å². The Morgan fingerprint density at radius 1 is 1.40 bits per heavy atom. The molecule has 1 aliphatic heterocycles. The first-order valence-corrected chi connectivity index (χ1v) is 8.52. The zero-order chi connectivity index (χ0) is 17.8. The van der Waals surface area contributed by atoms with Crippen LogP contribution >= 0.6 is 0 Å². The summed E-state index contributed by atoms with van der Waals surface area (Å²) in [7, 11) is 3.97. The summed E-state index contributed by atoms with van der Waals surface area (Å²) in [6.45, 7) is 2.05. The van der Waals surface area contributed by atoms with Crippen molar-refractivity contribution in [2.24, 2.45) is 0 Å². The van der Waals surface area contributed by atoms with Crippen LogP contribution in [-0.2, 0) is 19.5 Å². The smallest absolute Gasteiger partial charge is 0.345 e. The SMILES string of the molecule is CN(C)CCn1nc2n(c1=O)CCC(Nc1cccc(C#N)n1)CC2. The topological polar surface area (TPSA) is 91.8 Å². The Morgan fingerprint density at radius 2 is 2.24 bits per heavy atom. The van der Waals surface area contributed by atoms with E-state index in [-0.39, 0.29) is 11.7 Å². The fraction of sp³-hybridized carbons (Fsp3) is 0.529. The summed E-state index contributed by atoms with van der Waals surface area (Å²) in [4.78, 5) is 18.8. The number of hydrogen-bond donors (Lipinski definition) is 1. The number of aromatic nitrogens is 4. The fourth-order valence-electron chi connectivity index (χ4n) is 3.00. The van der Waals surface area contributed by atoms with Crippen molar-refractivity contribution in [1.82, 2.24) is 24.2 Å². The molecule has 2 aromatic heterocycles. The zero-order valence-electron chi connectivity index (χ0n) is 14.6. The van der Waals surface area contributed by atoms with Crippen LogP contribution in [0.15, 0.2) is 23.0 Å². The van der Waals surface area contributed by atoms with Crippen LogP contribution in [0.25, 0.3) is 0 Å². The number of nitrogens with one attached hydrogen (secondary N) is 1. The molecule has 0 saturated carbocycles. The van der Waals surface area contributed by atoms with E-state index in [1.165, 1.54) is 0 Å². The highest BCUT2D eigenvalue weighted by Crippen LogP contribution is 2.16. The van der Waals surface area contributed by atoms with Crippen LogP contribution in [0.4, 0.5) is 5.82 Å². The van der Waals surface area contributed by atoms with Crippen LogP contribution in [0.2, 0.25) is 0 Å². The molecular weight excluding hydrogens is 318 g/mol. The van der Waals surface area contributed by atoms with Gasteiger partial charge in [0, 0.05) is 25.6 Å². The molecule has 0 fully saturated rings. The van der Waals surface area contributed by atoms with Crippen LogP contribution in [0, 0.1) is 11.3 Å². The molecule has 0 aromatic carbocycles. The lowest BCUT2D eigenvalue weighted by Gasteiger charge is -2.16. The Balaban J connectivity index is 1.66. The average molecular weight is 341 g/mol. The molecule has 0 bridgehead atoms. The van der Waals surface area contributed by atoms with Gasteiger partial charge in [0.25, 0.3) is 0 Å². The van der Waals surface area contributed by atoms with Crippen LogP contribution in [-0.4, -0.2) is 50.9 Å². The normalized spacial score (nSPS) is 17.0. The molecule has 3 rings (SSSR count). The van der Waals surface area contributed by atoms with Gasteiger partial charge in [-0.05, 0) is 39.1 Å². The van der Waals surface area contributed by atoms with E-state index in [2.05, 4.69) is 15.4 Å². The number of anilines is 1. The predicted octanol–water partition coefficient (Wildman–Crippen LogP) is 0.690. The van der Waals surface area contributed by atoms with Gasteiger partial charge in [0.15, 0.2) is 0 Å². The molecule has 25 heavy (non-hydrogen) atoms. The van der Waals surface area contributed by atoms with Crippen LogP contribution in [0.5, 0.6) is 0 Å². The minimum Gasteiger partial charge on any atom is -0.367 e. The Bertz CT molecular complexity index is 830. The van der Waals surface area contributed by atoms with E-state index in [0.717, 1.165) is 31.6 Å². The molecule has 3 heterocycles. The average Bonchev–Trinajstić information content (AvgIpc) is 2.77. The summed E-state index contributed by atoms with van der Waals surface area (Å²) < 4.78 is 3.36. The number of likely N-dealkylation sites (N-methyl/N-ethyl adjacent to an activating group) is 1. The molecule has 0 spiro atoms. The van der Waals surface area contributed by atoms with E-state index in [1.54, 1.807) is 15.3 Å². The third-order valence-corrected chi connectivity index (χ3v) is 4.39. The standard InChI is InChI=1S/C17H23N7O/c1-22(2)10-11-24-17(25)23-9-8-13(6-7-16(23)21-24)19-15-5-3-4-14(12-18)20-15/h3-5,13H,6-11H2,1-2H3,(H,19,20). The van der Waals surface area contributed by atoms with Crippen molar-refractivity contribution in [2.75, 3.05) is 26.0 Å². The van der Waals surface area contributed by atoms with Crippen molar-refractivity contribution in [2.45, 2.75) is 38.4 Å². The van der Waals surface area contributed by atoms with E-state index in [0.29, 0.717) is 24.6 Å². The van der Waals surface area contributed by atoms with Crippen molar-refractivity contribution in [1.29, 1.82) is 5.26 Å². The van der Waals surface area contributed by atoms with Crippen molar-refractivity contribution < 1.29 is 0 Å². The molecule has 0 radical (unpaired) electrons. The third-order valence-electron chi connectivity index (χ3n) is 4.39. The summed E-state index contributed by atoms with van der Waals surface area (Å²) >= 11 is 0. The second-order valence-electron chi connectivity index (χ2n) is 6.57. The van der Waals surface area contributed by atoms with Gasteiger partial charge in [0.05, 0.1) is 6.54 Å². The highest BCUT2D eigenvalue weighted by Gasteiger charge is 2.21. The highest BCUT2D eigenvalue weighted by atomic mass is 16.2. The summed E-state index contributed by atoms with van der Waals surface area (Å²) in [6, 6.07) is 7.62. The molecule has 0 amide bonds. The van der Waals surface area contributed by atoms with Crippen LogP contribution in [0.1, 0.15) is 24.4 Å². The van der Waals surface area contributed by atoms with Gasteiger partial charge in [-0.25, -0.2) is 14.5 Å². The first kappa shape index (κ1) is 17.2. The molecule has 0 aliphatic carbocycles. The minimum absolute atomic E-state index is 0.0258. The summed E-state index contributed by atoms with van der Waals surface area (Å²) in [5.41, 5.74) is 0.373. The molecule has 1 N–H and O–H groups in total. The molecule has 132 valence electrons. The Morgan fingerprint density at radius 3 is 3.00 bits per heavy atom. The van der Waals surface area contributed by atoms with E-state index in [1.807, 2.05) is 37.2 Å². The fourth-order valence-corrected chi connectivity index (χ4v) is 3.00. The molecule has 2 aromatic rings. The summed E-state index contributed by atoms with van der Waals surface area (Å²) in [5.74, 6) is 1.55. The van der Waals surface area contributed by atoms with Gasteiger partial charge >= 0.3 is 5.69 Å². The van der Waals surface area contributed by atoms with Gasteiger partial charge in [0.2, 0.25) is 0 Å². The number of aryl methyl sites for hydroxylation is 1. The lowest BCUT2D eigenvalue weighted by molar-refractivity contribution is 0.367. The molecular formula is C17H23N7O. The van der Waals surface area contributed by atoms with E-state index < -0.39 is 0 Å². The zero-order valence-corrected chi connectivity index (χ0v) is 14.6. The van der Waals surface area contributed by atoms with Crippen LogP contribution < -0.4 is 11.0 Å². The molecule has 0 saturated heterocycles. The maximum absolute atomic E-state index is 12.5. The second-order valence-corrected chi connectivity index (χ2v) is 6.57. The predicted molar refractivity (Wildman–Crippen MR) is 94.3 cm³/mol. The number of pyridine rings is 1. The minimum atomic E-state index is -0.0258. The van der Waals surface area contributed by atoms with Gasteiger partial charge in [0.1, 0.15) is 23.4 Å². The van der Waals surface area contributed by atoms with Gasteiger partial charge in [-0.2, -0.15) is 10.4 Å². The number of hydrogen-bond acceptors (Lipinski definition) is 6. The van der Waals surface area contributed by atoms with Crippen molar-refractivity contribution in [3.63, 3.8) is 0 Å². The number of nitriles is 1. The third kappa shape index (κ3) is 4.06. The summed E-state index contributed by atoms with van der Waals surface area (Å²) in [6.07, 6.45) is 2.45. The number of fused-ring (bicyclic) bond motifs is 1. The molecule has 8 nitrogen and oxygen atoms in total. The molecule has 1 aliphatic rings. The van der Waals surface area contributed by atoms with E-state index in [4.69, 9.17) is 5.26 Å². The summed E-state index contributed by atoms with van der Waals surface area (Å²) in [5, 5.41) is 16.8. The first-order valence-electron chi connectivity index (χ1n) is 8.52. The number of rotatable bonds is 5. The first-order chi connectivity index (χ1) is 12.1. The van der Waals surface area contributed by atoms with Gasteiger partial charge < -0.3 is 10.2 Å². The van der Waals surface area contributed by atoms with Gasteiger partial charge in [-0.15, -0.1) is 0 Å². The van der Waals surface area contributed by atoms with Crippen molar-refractivity contribution in [3.05, 3.63) is 40.2 Å². The van der Waals surface area contributed by atoms with Gasteiger partial charge in [-0.1, -0.05) is 6.07 Å². The van der Waals surface area contributed by atoms with Gasteiger partial charge in [-0.3, -0.25) is 4.57 Å². The van der Waals surface area contributed by atoms with E-state index >= 15 is 0 Å². The number of nitrogens with zero attached hydrogens (tertiary/aromatic N) is 6. The van der Waals surface area contributed by atoms with Crippen LogP contribution in [0.3, 0.4) is 0 Å². The molecule has 1 atom stereocenters. The lowest BCUT2D eigenvalue weighted by atomic mass is 10.1. The molecule has 8 heteroatoms. The largest absolute Gasteiger partial charge is 0.367 e. The Hall–Kier alpha value is -2.66. The Labute approximate surface area is 146 Å². The quantitative estimate of drug-likeness (QED) is 0.860. The monoisotopic (exact) mass is 341 g/mol. The molecule has 1 unspecified atom stereocenters. The Kier molecular flexibility index (Phi) is 5.14.